The molecule has 0 aromatic heterocycles. The van der Waals surface area contributed by atoms with Crippen LogP contribution in [0, 0.1) is 3.57 Å². The van der Waals surface area contributed by atoms with Crippen molar-refractivity contribution in [3.63, 3.8) is 0 Å². The maximum absolute atomic E-state index is 4.80. The molecule has 0 bridgehead atoms. The van der Waals surface area contributed by atoms with Crippen molar-refractivity contribution in [1.29, 1.82) is 0 Å². The van der Waals surface area contributed by atoms with Crippen molar-refractivity contribution in [2.24, 2.45) is 7.05 Å². The highest BCUT2D eigenvalue weighted by Crippen LogP contribution is 2.38. The van der Waals surface area contributed by atoms with E-state index in [0.29, 0.717) is 0 Å². The van der Waals surface area contributed by atoms with Crippen LogP contribution in [0.5, 0.6) is 0 Å². The van der Waals surface area contributed by atoms with Crippen molar-refractivity contribution in [1.82, 2.24) is 9.55 Å². The van der Waals surface area contributed by atoms with Crippen molar-refractivity contribution in [2.45, 2.75) is 0 Å². The Kier molecular flexibility index (Phi) is 2.33. The summed E-state index contributed by atoms with van der Waals surface area (Å²) >= 11 is 2.41. The fourth-order valence-electron chi connectivity index (χ4n) is 2.76. The number of aromatic nitrogens is 2. The summed E-state index contributed by atoms with van der Waals surface area (Å²) in [6.07, 6.45) is 0. The van der Waals surface area contributed by atoms with Gasteiger partial charge in [0.15, 0.2) is 0 Å². The second-order valence-corrected chi connectivity index (χ2v) is 5.80. The summed E-state index contributed by atoms with van der Waals surface area (Å²) in [5.74, 6) is 0. The zero-order valence-electron chi connectivity index (χ0n) is 10.4. The summed E-state index contributed by atoms with van der Waals surface area (Å²) in [5.41, 5.74) is 4.64. The zero-order chi connectivity index (χ0) is 13.0. The quantitative estimate of drug-likeness (QED) is 0.425. The van der Waals surface area contributed by atoms with E-state index in [9.17, 15) is 0 Å². The molecule has 2 nitrogen and oxygen atoms in total. The molecule has 2 aromatic carbocycles. The van der Waals surface area contributed by atoms with Crippen LogP contribution >= 0.6 is 22.6 Å². The highest BCUT2D eigenvalue weighted by Gasteiger charge is 2.20. The van der Waals surface area contributed by atoms with Gasteiger partial charge in [0.2, 0.25) is 0 Å². The predicted octanol–water partition coefficient (Wildman–Crippen LogP) is 4.44. The monoisotopic (exact) mass is 358 g/mol. The van der Waals surface area contributed by atoms with Crippen LogP contribution in [0.2, 0.25) is 0 Å². The molecule has 0 unspecified atom stereocenters. The van der Waals surface area contributed by atoms with E-state index in [4.69, 9.17) is 4.98 Å². The first kappa shape index (κ1) is 11.2. The summed E-state index contributed by atoms with van der Waals surface area (Å²) in [5, 5.41) is 2.49. The molecule has 3 heteroatoms. The topological polar surface area (TPSA) is 17.8 Å². The average Bonchev–Trinajstić information content (AvgIpc) is 2.84. The lowest BCUT2D eigenvalue weighted by atomic mass is 10.1. The van der Waals surface area contributed by atoms with Gasteiger partial charge in [-0.2, -0.15) is 0 Å². The lowest BCUT2D eigenvalue weighted by molar-refractivity contribution is 0.965. The fourth-order valence-corrected chi connectivity index (χ4v) is 3.60. The second-order valence-electron chi connectivity index (χ2n) is 4.72. The lowest BCUT2D eigenvalue weighted by Crippen LogP contribution is -2.01. The molecule has 0 fully saturated rings. The van der Waals surface area contributed by atoms with Crippen molar-refractivity contribution in [3.8, 4) is 11.4 Å². The van der Waals surface area contributed by atoms with E-state index in [-0.39, 0.29) is 0 Å². The number of pyridine rings is 1. The number of hydrogen-bond donors (Lipinski definition) is 0. The Bertz CT molecular complexity index is 892. The summed E-state index contributed by atoms with van der Waals surface area (Å²) in [4.78, 5) is 4.80. The van der Waals surface area contributed by atoms with Crippen LogP contribution in [0.4, 0.5) is 0 Å². The van der Waals surface area contributed by atoms with Gasteiger partial charge in [0.1, 0.15) is 5.69 Å². The van der Waals surface area contributed by atoms with Crippen LogP contribution in [-0.4, -0.2) is 9.55 Å². The Morgan fingerprint density at radius 3 is 2.47 bits per heavy atom. The van der Waals surface area contributed by atoms with Gasteiger partial charge in [-0.25, -0.2) is 4.98 Å². The zero-order valence-corrected chi connectivity index (χ0v) is 12.5. The number of benzene rings is 2. The molecule has 2 aromatic rings. The average molecular weight is 358 g/mol. The smallest absolute Gasteiger partial charge is 0.102 e. The first-order valence-corrected chi connectivity index (χ1v) is 7.26. The largest absolute Gasteiger partial charge is 0.342 e. The van der Waals surface area contributed by atoms with Gasteiger partial charge < -0.3 is 4.57 Å². The van der Waals surface area contributed by atoms with Crippen molar-refractivity contribution in [2.75, 3.05) is 0 Å². The SMILES string of the molecule is Cn1c2c3ccccc3nc-2c(I)c2ccccc21. The molecule has 0 saturated heterocycles. The van der Waals surface area contributed by atoms with Crippen molar-refractivity contribution < 1.29 is 0 Å². The van der Waals surface area contributed by atoms with E-state index >= 15 is 0 Å². The van der Waals surface area contributed by atoms with Gasteiger partial charge in [-0.05, 0) is 34.7 Å². The summed E-state index contributed by atoms with van der Waals surface area (Å²) in [6.45, 7) is 0. The number of fused-ring (bicyclic) bond motifs is 4. The van der Waals surface area contributed by atoms with E-state index in [2.05, 4.69) is 76.7 Å². The molecule has 92 valence electrons. The fraction of sp³-hybridized carbons (Fsp3) is 0.0625. The predicted molar refractivity (Wildman–Crippen MR) is 87.6 cm³/mol. The number of para-hydroxylation sites is 2. The maximum Gasteiger partial charge on any atom is 0.102 e. The van der Waals surface area contributed by atoms with Crippen LogP contribution in [-0.2, 0) is 7.05 Å². The van der Waals surface area contributed by atoms with E-state index in [0.717, 1.165) is 11.2 Å². The molecule has 0 spiro atoms. The molecule has 2 aliphatic heterocycles. The Hall–Kier alpha value is -1.62. The van der Waals surface area contributed by atoms with E-state index in [1.165, 1.54) is 25.6 Å². The van der Waals surface area contributed by atoms with E-state index in [1.807, 2.05) is 6.07 Å². The van der Waals surface area contributed by atoms with Crippen molar-refractivity contribution >= 4 is 44.4 Å². The molecule has 0 radical (unpaired) electrons. The minimum atomic E-state index is 1.07. The normalized spacial score (nSPS) is 11.7. The summed E-state index contributed by atoms with van der Waals surface area (Å²) in [7, 11) is 2.12. The molecule has 4 rings (SSSR count). The third-order valence-electron chi connectivity index (χ3n) is 3.66. The van der Waals surface area contributed by atoms with Crippen LogP contribution in [0.25, 0.3) is 33.2 Å². The molecule has 19 heavy (non-hydrogen) atoms. The molecular weight excluding hydrogens is 347 g/mol. The molecule has 2 aliphatic rings. The highest BCUT2D eigenvalue weighted by molar-refractivity contribution is 14.1. The molecule has 0 aliphatic carbocycles. The molecule has 0 saturated carbocycles. The summed E-state index contributed by atoms with van der Waals surface area (Å²) < 4.78 is 3.49. The molecule has 0 N–H and O–H groups in total. The van der Waals surface area contributed by atoms with Gasteiger partial charge in [0.25, 0.3) is 0 Å². The number of rotatable bonds is 0. The number of hydrogen-bond acceptors (Lipinski definition) is 1. The molecule has 0 atom stereocenters. The van der Waals surface area contributed by atoms with Gasteiger partial charge in [0.05, 0.1) is 14.8 Å². The molecule has 0 amide bonds. The lowest BCUT2D eigenvalue weighted by Gasteiger charge is -2.14. The maximum atomic E-state index is 4.80. The first-order valence-electron chi connectivity index (χ1n) is 6.19. The third-order valence-corrected chi connectivity index (χ3v) is 4.75. The van der Waals surface area contributed by atoms with Crippen LogP contribution in [0.15, 0.2) is 48.5 Å². The van der Waals surface area contributed by atoms with Gasteiger partial charge >= 0.3 is 0 Å². The van der Waals surface area contributed by atoms with Crippen LogP contribution in [0.3, 0.4) is 0 Å². The Morgan fingerprint density at radius 2 is 1.63 bits per heavy atom. The number of halogens is 1. The minimum absolute atomic E-state index is 1.07. The summed E-state index contributed by atoms with van der Waals surface area (Å²) in [6, 6.07) is 16.8. The second kappa shape index (κ2) is 3.93. The van der Waals surface area contributed by atoms with Crippen LogP contribution < -0.4 is 0 Å². The van der Waals surface area contributed by atoms with Gasteiger partial charge in [-0.15, -0.1) is 0 Å². The van der Waals surface area contributed by atoms with E-state index in [1.54, 1.807) is 0 Å². The van der Waals surface area contributed by atoms with Crippen molar-refractivity contribution in [3.05, 3.63) is 52.1 Å². The first-order chi connectivity index (χ1) is 9.27. The standard InChI is InChI=1S/C16H11IN2/c1-19-13-9-5-3-7-11(13)14(17)15-16(19)10-6-2-4-8-12(10)18-15/h2-9H,1H3. The number of aryl methyl sites for hydroxylation is 1. The highest BCUT2D eigenvalue weighted by atomic mass is 127. The third kappa shape index (κ3) is 1.45. The van der Waals surface area contributed by atoms with Gasteiger partial charge in [-0.3, -0.25) is 0 Å². The van der Waals surface area contributed by atoms with E-state index < -0.39 is 0 Å². The van der Waals surface area contributed by atoms with Crippen LogP contribution in [0.1, 0.15) is 0 Å². The minimum Gasteiger partial charge on any atom is -0.342 e. The Labute approximate surface area is 124 Å². The molecule has 2 heterocycles. The molecular formula is C16H11IN2. The van der Waals surface area contributed by atoms with Gasteiger partial charge in [0, 0.05) is 23.3 Å². The van der Waals surface area contributed by atoms with Gasteiger partial charge in [-0.1, -0.05) is 36.4 Å². The Morgan fingerprint density at radius 1 is 0.947 bits per heavy atom. The number of nitrogens with zero attached hydrogens (tertiary/aromatic N) is 2. The Balaban J connectivity index is 2.35.